The van der Waals surface area contributed by atoms with E-state index in [1.54, 1.807) is 31.2 Å². The summed E-state index contributed by atoms with van der Waals surface area (Å²) >= 11 is 1.17. The third-order valence-electron chi connectivity index (χ3n) is 4.50. The Morgan fingerprint density at radius 2 is 1.82 bits per heavy atom. The molecule has 0 saturated carbocycles. The van der Waals surface area contributed by atoms with Crippen LogP contribution < -0.4 is 10.9 Å². The Morgan fingerprint density at radius 1 is 1.14 bits per heavy atom. The molecule has 8 heteroatoms. The van der Waals surface area contributed by atoms with Gasteiger partial charge in [-0.15, -0.1) is 0 Å². The Morgan fingerprint density at radius 3 is 2.46 bits per heavy atom. The molecule has 0 radical (unpaired) electrons. The normalized spacial score (nSPS) is 14.4. The van der Waals surface area contributed by atoms with Gasteiger partial charge in [0.05, 0.1) is 5.75 Å². The summed E-state index contributed by atoms with van der Waals surface area (Å²) in [5.74, 6) is -0.0357. The smallest absolute Gasteiger partial charge is 0.253 e. The summed E-state index contributed by atoms with van der Waals surface area (Å²) in [4.78, 5) is 44.8. The van der Waals surface area contributed by atoms with Crippen LogP contribution in [0.15, 0.2) is 40.3 Å². The summed E-state index contributed by atoms with van der Waals surface area (Å²) < 4.78 is 0. The number of aryl methyl sites for hydroxylation is 1. The molecular weight excluding hydrogens is 376 g/mol. The van der Waals surface area contributed by atoms with Gasteiger partial charge in [-0.1, -0.05) is 24.6 Å². The zero-order valence-corrected chi connectivity index (χ0v) is 16.7. The van der Waals surface area contributed by atoms with Gasteiger partial charge in [-0.2, -0.15) is 0 Å². The van der Waals surface area contributed by atoms with Crippen molar-refractivity contribution in [3.05, 3.63) is 51.9 Å². The first kappa shape index (κ1) is 20.1. The molecule has 2 amide bonds. The van der Waals surface area contributed by atoms with Crippen molar-refractivity contribution < 1.29 is 9.59 Å². The number of hydrogen-bond donors (Lipinski definition) is 2. The molecule has 3 rings (SSSR count). The molecular formula is C20H24N4O3S. The topological polar surface area (TPSA) is 95.2 Å². The highest BCUT2D eigenvalue weighted by atomic mass is 32.2. The van der Waals surface area contributed by atoms with Gasteiger partial charge in [-0.25, -0.2) is 4.98 Å². The van der Waals surface area contributed by atoms with E-state index in [1.807, 2.05) is 4.90 Å². The van der Waals surface area contributed by atoms with Crippen molar-refractivity contribution in [1.29, 1.82) is 0 Å². The molecule has 1 saturated heterocycles. The lowest BCUT2D eigenvalue weighted by Gasteiger charge is -2.20. The Balaban J connectivity index is 1.53. The highest BCUT2D eigenvalue weighted by molar-refractivity contribution is 7.99. The molecule has 148 valence electrons. The van der Waals surface area contributed by atoms with Crippen molar-refractivity contribution >= 4 is 29.3 Å². The van der Waals surface area contributed by atoms with Crippen LogP contribution in [0.4, 0.5) is 5.69 Å². The molecule has 0 aliphatic carbocycles. The van der Waals surface area contributed by atoms with E-state index in [0.717, 1.165) is 25.9 Å². The highest BCUT2D eigenvalue weighted by Gasteiger charge is 2.17. The van der Waals surface area contributed by atoms with Crippen LogP contribution in [0.2, 0.25) is 0 Å². The highest BCUT2D eigenvalue weighted by Crippen LogP contribution is 2.17. The predicted molar refractivity (Wildman–Crippen MR) is 110 cm³/mol. The molecule has 2 heterocycles. The van der Waals surface area contributed by atoms with Crippen LogP contribution in [0.25, 0.3) is 0 Å². The van der Waals surface area contributed by atoms with E-state index in [1.165, 1.54) is 30.7 Å². The minimum atomic E-state index is -0.236. The first-order valence-corrected chi connectivity index (χ1v) is 10.4. The van der Waals surface area contributed by atoms with Gasteiger partial charge < -0.3 is 15.2 Å². The van der Waals surface area contributed by atoms with Crippen molar-refractivity contribution in [2.45, 2.75) is 37.8 Å². The zero-order chi connectivity index (χ0) is 19.9. The molecule has 1 aromatic heterocycles. The lowest BCUT2D eigenvalue weighted by Crippen LogP contribution is -2.31. The predicted octanol–water partition coefficient (Wildman–Crippen LogP) is 2.83. The van der Waals surface area contributed by atoms with Crippen LogP contribution in [0.3, 0.4) is 0 Å². The first-order chi connectivity index (χ1) is 13.5. The van der Waals surface area contributed by atoms with E-state index in [9.17, 15) is 14.4 Å². The summed E-state index contributed by atoms with van der Waals surface area (Å²) in [7, 11) is 0. The van der Waals surface area contributed by atoms with Gasteiger partial charge in [-0.05, 0) is 44.0 Å². The van der Waals surface area contributed by atoms with Crippen LogP contribution in [-0.4, -0.2) is 45.5 Å². The molecule has 0 spiro atoms. The summed E-state index contributed by atoms with van der Waals surface area (Å²) in [5.41, 5.74) is 1.64. The number of benzene rings is 1. The monoisotopic (exact) mass is 400 g/mol. The fourth-order valence-corrected chi connectivity index (χ4v) is 3.82. The van der Waals surface area contributed by atoms with Gasteiger partial charge in [0.2, 0.25) is 5.91 Å². The SMILES string of the molecule is Cc1cc(=O)[nH]c(SCC(=O)Nc2ccc(C(=O)N3CCCCCC3)cc2)n1. The third-order valence-corrected chi connectivity index (χ3v) is 5.37. The van der Waals surface area contributed by atoms with Gasteiger partial charge in [0.25, 0.3) is 11.5 Å². The summed E-state index contributed by atoms with van der Waals surface area (Å²) in [6.45, 7) is 3.35. The van der Waals surface area contributed by atoms with Crippen LogP contribution in [-0.2, 0) is 4.79 Å². The molecule has 0 bridgehead atoms. The zero-order valence-electron chi connectivity index (χ0n) is 15.9. The standard InChI is InChI=1S/C20H24N4O3S/c1-14-12-17(25)23-20(21-14)28-13-18(26)22-16-8-6-15(7-9-16)19(27)24-10-4-2-3-5-11-24/h6-9,12H,2-5,10-11,13H2,1H3,(H,22,26)(H,21,23,25). The molecule has 0 atom stereocenters. The van der Waals surface area contributed by atoms with Gasteiger partial charge in [0.1, 0.15) is 0 Å². The molecule has 1 aliphatic heterocycles. The minimum Gasteiger partial charge on any atom is -0.339 e. The molecule has 2 aromatic rings. The van der Waals surface area contributed by atoms with Crippen molar-refractivity contribution in [1.82, 2.24) is 14.9 Å². The number of likely N-dealkylation sites (tertiary alicyclic amines) is 1. The quantitative estimate of drug-likeness (QED) is 0.594. The molecule has 28 heavy (non-hydrogen) atoms. The largest absolute Gasteiger partial charge is 0.339 e. The number of H-pyrrole nitrogens is 1. The number of rotatable bonds is 5. The molecule has 1 aromatic carbocycles. The number of amides is 2. The van der Waals surface area contributed by atoms with Crippen molar-refractivity contribution in [3.63, 3.8) is 0 Å². The van der Waals surface area contributed by atoms with Gasteiger partial charge in [0, 0.05) is 36.1 Å². The number of nitrogens with zero attached hydrogens (tertiary/aromatic N) is 2. The van der Waals surface area contributed by atoms with E-state index >= 15 is 0 Å². The van der Waals surface area contributed by atoms with Crippen LogP contribution in [0.1, 0.15) is 41.7 Å². The number of nitrogens with one attached hydrogen (secondary N) is 2. The summed E-state index contributed by atoms with van der Waals surface area (Å²) in [6.07, 6.45) is 4.47. The van der Waals surface area contributed by atoms with Gasteiger partial charge >= 0.3 is 0 Å². The lowest BCUT2D eigenvalue weighted by molar-refractivity contribution is -0.113. The van der Waals surface area contributed by atoms with Crippen LogP contribution in [0, 0.1) is 6.92 Å². The second-order valence-corrected chi connectivity index (χ2v) is 7.78. The Labute approximate surface area is 167 Å². The number of aromatic nitrogens is 2. The Hall–Kier alpha value is -2.61. The molecule has 1 aliphatic rings. The average molecular weight is 401 g/mol. The van der Waals surface area contributed by atoms with E-state index in [-0.39, 0.29) is 23.1 Å². The van der Waals surface area contributed by atoms with Crippen molar-refractivity contribution in [2.75, 3.05) is 24.2 Å². The average Bonchev–Trinajstić information content (AvgIpc) is 2.95. The Bertz CT molecular complexity index is 887. The number of hydrogen-bond acceptors (Lipinski definition) is 5. The summed E-state index contributed by atoms with van der Waals surface area (Å²) in [6, 6.07) is 8.37. The second kappa shape index (κ2) is 9.54. The fraction of sp³-hybridized carbons (Fsp3) is 0.400. The Kier molecular flexibility index (Phi) is 6.86. The molecule has 1 fully saturated rings. The number of aromatic amines is 1. The van der Waals surface area contributed by atoms with Gasteiger partial charge in [0.15, 0.2) is 5.16 Å². The summed E-state index contributed by atoms with van der Waals surface area (Å²) in [5, 5.41) is 3.21. The maximum absolute atomic E-state index is 12.6. The fourth-order valence-electron chi connectivity index (χ4n) is 3.10. The molecule has 2 N–H and O–H groups in total. The maximum Gasteiger partial charge on any atom is 0.253 e. The van der Waals surface area contributed by atoms with Crippen LogP contribution in [0.5, 0.6) is 0 Å². The molecule has 0 unspecified atom stereocenters. The number of carbonyl (C=O) groups is 2. The third kappa shape index (κ3) is 5.69. The van der Waals surface area contributed by atoms with Crippen LogP contribution >= 0.6 is 11.8 Å². The molecule has 7 nitrogen and oxygen atoms in total. The van der Waals surface area contributed by atoms with Crippen molar-refractivity contribution in [3.8, 4) is 0 Å². The lowest BCUT2D eigenvalue weighted by atomic mass is 10.1. The minimum absolute atomic E-state index is 0.0461. The maximum atomic E-state index is 12.6. The first-order valence-electron chi connectivity index (χ1n) is 9.41. The number of carbonyl (C=O) groups excluding carboxylic acids is 2. The van der Waals surface area contributed by atoms with Gasteiger partial charge in [-0.3, -0.25) is 14.4 Å². The van der Waals surface area contributed by atoms with E-state index in [4.69, 9.17) is 0 Å². The van der Waals surface area contributed by atoms with E-state index in [2.05, 4.69) is 15.3 Å². The number of anilines is 1. The van der Waals surface area contributed by atoms with Crippen molar-refractivity contribution in [2.24, 2.45) is 0 Å². The van der Waals surface area contributed by atoms with E-state index in [0.29, 0.717) is 22.1 Å². The second-order valence-electron chi connectivity index (χ2n) is 6.81. The number of thioether (sulfide) groups is 1. The van der Waals surface area contributed by atoms with E-state index < -0.39 is 0 Å².